The van der Waals surface area contributed by atoms with Crippen LogP contribution in [0, 0.1) is 6.92 Å². The first-order chi connectivity index (χ1) is 10.1. The van der Waals surface area contributed by atoms with Crippen LogP contribution in [-0.4, -0.2) is 37.3 Å². The first-order valence-electron chi connectivity index (χ1n) is 6.63. The highest BCUT2D eigenvalue weighted by molar-refractivity contribution is 6.17. The van der Waals surface area contributed by atoms with Crippen LogP contribution in [0.3, 0.4) is 0 Å². The highest BCUT2D eigenvalue weighted by Crippen LogP contribution is 2.24. The number of aryl methyl sites for hydroxylation is 3. The third kappa shape index (κ3) is 2.35. The van der Waals surface area contributed by atoms with Gasteiger partial charge < -0.3 is 4.74 Å². The van der Waals surface area contributed by atoms with E-state index in [0.29, 0.717) is 18.2 Å². The van der Waals surface area contributed by atoms with Crippen LogP contribution in [-0.2, 0) is 13.5 Å². The van der Waals surface area contributed by atoms with E-state index in [9.17, 15) is 0 Å². The van der Waals surface area contributed by atoms with Crippen molar-refractivity contribution in [2.75, 3.05) is 13.0 Å². The second-order valence-corrected chi connectivity index (χ2v) is 5.15. The predicted molar refractivity (Wildman–Crippen MR) is 81.3 cm³/mol. The average Bonchev–Trinajstić information content (AvgIpc) is 2.97. The van der Waals surface area contributed by atoms with Crippen LogP contribution in [0.1, 0.15) is 11.5 Å². The number of halogens is 1. The summed E-state index contributed by atoms with van der Waals surface area (Å²) in [5, 5.41) is 4.39. The number of alkyl halides is 1. The van der Waals surface area contributed by atoms with Gasteiger partial charge in [0.25, 0.3) is 0 Å². The molecule has 3 aromatic rings. The summed E-state index contributed by atoms with van der Waals surface area (Å²) in [7, 11) is 3.49. The summed E-state index contributed by atoms with van der Waals surface area (Å²) in [5.74, 6) is 1.93. The van der Waals surface area contributed by atoms with Gasteiger partial charge in [-0.15, -0.1) is 11.6 Å². The molecule has 3 aromatic heterocycles. The number of methoxy groups -OCH3 is 1. The molecule has 0 saturated carbocycles. The molecule has 0 saturated heterocycles. The summed E-state index contributed by atoms with van der Waals surface area (Å²) in [6, 6.07) is 3.71. The van der Waals surface area contributed by atoms with E-state index in [0.717, 1.165) is 28.4 Å². The van der Waals surface area contributed by atoms with Crippen molar-refractivity contribution in [1.29, 1.82) is 0 Å². The second kappa shape index (κ2) is 5.37. The fraction of sp³-hybridized carbons (Fsp3) is 0.357. The van der Waals surface area contributed by atoms with Crippen molar-refractivity contribution in [3.8, 4) is 11.6 Å². The van der Waals surface area contributed by atoms with Crippen LogP contribution in [0.5, 0.6) is 5.88 Å². The average molecular weight is 306 g/mol. The van der Waals surface area contributed by atoms with E-state index in [1.54, 1.807) is 17.9 Å². The Morgan fingerprint density at radius 1 is 1.29 bits per heavy atom. The van der Waals surface area contributed by atoms with E-state index >= 15 is 0 Å². The van der Waals surface area contributed by atoms with Gasteiger partial charge >= 0.3 is 0 Å². The van der Waals surface area contributed by atoms with Gasteiger partial charge in [0.15, 0.2) is 5.65 Å². The lowest BCUT2D eigenvalue weighted by Gasteiger charge is -2.06. The minimum absolute atomic E-state index is 0.500. The molecule has 110 valence electrons. The van der Waals surface area contributed by atoms with Crippen molar-refractivity contribution in [3.63, 3.8) is 0 Å². The Morgan fingerprint density at radius 3 is 2.71 bits per heavy atom. The zero-order valence-corrected chi connectivity index (χ0v) is 12.9. The first kappa shape index (κ1) is 13.9. The predicted octanol–water partition coefficient (Wildman–Crippen LogP) is 2.25. The number of nitrogens with zero attached hydrogens (tertiary/aromatic N) is 5. The molecule has 6 nitrogen and oxygen atoms in total. The Hall–Kier alpha value is -2.08. The van der Waals surface area contributed by atoms with Crippen molar-refractivity contribution in [3.05, 3.63) is 29.8 Å². The first-order valence-corrected chi connectivity index (χ1v) is 7.16. The molecule has 21 heavy (non-hydrogen) atoms. The highest BCUT2D eigenvalue weighted by Gasteiger charge is 2.17. The van der Waals surface area contributed by atoms with E-state index in [4.69, 9.17) is 16.3 Å². The molecule has 0 aromatic carbocycles. The number of aromatic nitrogens is 5. The summed E-state index contributed by atoms with van der Waals surface area (Å²) < 4.78 is 9.00. The number of imidazole rings is 1. The van der Waals surface area contributed by atoms with E-state index in [1.165, 1.54) is 0 Å². The molecule has 0 N–H and O–H groups in total. The topological polar surface area (TPSA) is 57.8 Å². The van der Waals surface area contributed by atoms with Crippen molar-refractivity contribution in [2.45, 2.75) is 13.3 Å². The Kier molecular flexibility index (Phi) is 3.55. The smallest absolute Gasteiger partial charge is 0.215 e. The standard InChI is InChI=1S/C14H16ClN5O/c1-9-11(8-19(2)18-9)20-12(6-7-15)16-10-4-5-13(21-3)17-14(10)20/h4-5,8H,6-7H2,1-3H3. The largest absolute Gasteiger partial charge is 0.481 e. The molecule has 0 aliphatic carbocycles. The maximum absolute atomic E-state index is 5.91. The van der Waals surface area contributed by atoms with Crippen LogP contribution < -0.4 is 4.74 Å². The van der Waals surface area contributed by atoms with Gasteiger partial charge in [0.2, 0.25) is 5.88 Å². The molecule has 0 aliphatic rings. The number of pyridine rings is 1. The number of fused-ring (bicyclic) bond motifs is 1. The van der Waals surface area contributed by atoms with Gasteiger partial charge in [-0.3, -0.25) is 9.25 Å². The third-order valence-corrected chi connectivity index (χ3v) is 3.49. The number of hydrogen-bond acceptors (Lipinski definition) is 4. The van der Waals surface area contributed by atoms with Crippen LogP contribution in [0.25, 0.3) is 16.9 Å². The molecule has 0 fully saturated rings. The van der Waals surface area contributed by atoms with Gasteiger partial charge in [0.1, 0.15) is 11.3 Å². The minimum Gasteiger partial charge on any atom is -0.481 e. The van der Waals surface area contributed by atoms with Crippen LogP contribution >= 0.6 is 11.6 Å². The number of ether oxygens (including phenoxy) is 1. The summed E-state index contributed by atoms with van der Waals surface area (Å²) in [5.41, 5.74) is 3.45. The monoisotopic (exact) mass is 305 g/mol. The maximum Gasteiger partial charge on any atom is 0.215 e. The van der Waals surface area contributed by atoms with Crippen molar-refractivity contribution in [2.24, 2.45) is 7.05 Å². The number of rotatable bonds is 4. The zero-order valence-electron chi connectivity index (χ0n) is 12.2. The van der Waals surface area contributed by atoms with Gasteiger partial charge in [0.05, 0.1) is 18.5 Å². The molecule has 3 heterocycles. The van der Waals surface area contributed by atoms with Gasteiger partial charge in [-0.2, -0.15) is 10.1 Å². The van der Waals surface area contributed by atoms with Gasteiger partial charge in [-0.05, 0) is 13.0 Å². The second-order valence-electron chi connectivity index (χ2n) is 4.77. The lowest BCUT2D eigenvalue weighted by atomic mass is 10.3. The Labute approximate surface area is 127 Å². The molecule has 0 spiro atoms. The van der Waals surface area contributed by atoms with Crippen molar-refractivity contribution >= 4 is 22.8 Å². The van der Waals surface area contributed by atoms with Crippen molar-refractivity contribution < 1.29 is 4.74 Å². The zero-order chi connectivity index (χ0) is 15.0. The van der Waals surface area contributed by atoms with Gasteiger partial charge in [0, 0.05) is 31.6 Å². The quantitative estimate of drug-likeness (QED) is 0.694. The van der Waals surface area contributed by atoms with E-state index < -0.39 is 0 Å². The van der Waals surface area contributed by atoms with Crippen LogP contribution in [0.4, 0.5) is 0 Å². The lowest BCUT2D eigenvalue weighted by Crippen LogP contribution is -2.04. The number of hydrogen-bond donors (Lipinski definition) is 0. The van der Waals surface area contributed by atoms with Gasteiger partial charge in [-0.1, -0.05) is 0 Å². The summed E-state index contributed by atoms with van der Waals surface area (Å²) in [6.07, 6.45) is 2.61. The molecule has 0 atom stereocenters. The summed E-state index contributed by atoms with van der Waals surface area (Å²) in [4.78, 5) is 9.15. The molecule has 0 bridgehead atoms. The fourth-order valence-corrected chi connectivity index (χ4v) is 2.58. The minimum atomic E-state index is 0.500. The molecule has 3 rings (SSSR count). The Bertz CT molecular complexity index is 792. The third-order valence-electron chi connectivity index (χ3n) is 3.30. The summed E-state index contributed by atoms with van der Waals surface area (Å²) in [6.45, 7) is 1.96. The molecule has 7 heteroatoms. The van der Waals surface area contributed by atoms with E-state index in [1.807, 2.05) is 30.8 Å². The molecule has 0 aliphatic heterocycles. The maximum atomic E-state index is 5.91. The van der Waals surface area contributed by atoms with E-state index in [-0.39, 0.29) is 0 Å². The SMILES string of the molecule is COc1ccc2nc(CCCl)n(-c3cn(C)nc3C)c2n1. The normalized spacial score (nSPS) is 11.2. The molecular weight excluding hydrogens is 290 g/mol. The lowest BCUT2D eigenvalue weighted by molar-refractivity contribution is 0.399. The summed E-state index contributed by atoms with van der Waals surface area (Å²) >= 11 is 5.91. The van der Waals surface area contributed by atoms with Crippen molar-refractivity contribution in [1.82, 2.24) is 24.3 Å². The highest BCUT2D eigenvalue weighted by atomic mass is 35.5. The molecule has 0 radical (unpaired) electrons. The fourth-order valence-electron chi connectivity index (χ4n) is 2.41. The molecule has 0 amide bonds. The van der Waals surface area contributed by atoms with Gasteiger partial charge in [-0.25, -0.2) is 4.98 Å². The van der Waals surface area contributed by atoms with Crippen LogP contribution in [0.15, 0.2) is 18.3 Å². The Balaban J connectivity index is 2.30. The molecular formula is C14H16ClN5O. The Morgan fingerprint density at radius 2 is 2.10 bits per heavy atom. The van der Waals surface area contributed by atoms with Crippen LogP contribution in [0.2, 0.25) is 0 Å². The van der Waals surface area contributed by atoms with E-state index in [2.05, 4.69) is 15.1 Å². The molecule has 0 unspecified atom stereocenters.